The highest BCUT2D eigenvalue weighted by molar-refractivity contribution is 14.1. The number of hydrogen-bond acceptors (Lipinski definition) is 1. The summed E-state index contributed by atoms with van der Waals surface area (Å²) in [6.07, 6.45) is 9.55. The maximum Gasteiger partial charge on any atom is 0.0356 e. The van der Waals surface area contributed by atoms with E-state index in [1.54, 1.807) is 0 Å². The lowest BCUT2D eigenvalue weighted by atomic mass is 9.82. The van der Waals surface area contributed by atoms with E-state index in [0.29, 0.717) is 16.9 Å². The molecule has 0 aromatic heterocycles. The predicted molar refractivity (Wildman–Crippen MR) is 77.7 cm³/mol. The minimum atomic E-state index is 0.364. The molecule has 90 valence electrons. The van der Waals surface area contributed by atoms with Gasteiger partial charge in [0.2, 0.25) is 0 Å². The highest BCUT2D eigenvalue weighted by atomic mass is 127. The molecular formula is C14H22IN. The standard InChI is InChI=1S/C14H22IN/c1-5-11(2)14(7-8-14)16-9-6-12(15)13(3,4)10-16/h1,11-12H,6-10H2,2-4H3/t11-,12+/m1/s1. The Balaban J connectivity index is 2.10. The third kappa shape index (κ3) is 2.01. The molecule has 2 aliphatic rings. The molecule has 1 saturated heterocycles. The number of nitrogens with zero attached hydrogens (tertiary/aromatic N) is 1. The van der Waals surface area contributed by atoms with Crippen LogP contribution in [0.2, 0.25) is 0 Å². The lowest BCUT2D eigenvalue weighted by Crippen LogP contribution is -2.53. The van der Waals surface area contributed by atoms with Crippen LogP contribution in [0.5, 0.6) is 0 Å². The molecule has 0 unspecified atom stereocenters. The van der Waals surface area contributed by atoms with Gasteiger partial charge in [0.05, 0.1) is 0 Å². The van der Waals surface area contributed by atoms with Gasteiger partial charge < -0.3 is 0 Å². The third-order valence-corrected chi connectivity index (χ3v) is 6.86. The molecule has 16 heavy (non-hydrogen) atoms. The zero-order valence-electron chi connectivity index (χ0n) is 10.6. The van der Waals surface area contributed by atoms with E-state index >= 15 is 0 Å². The Labute approximate surface area is 113 Å². The van der Waals surface area contributed by atoms with Crippen molar-refractivity contribution < 1.29 is 0 Å². The van der Waals surface area contributed by atoms with E-state index in [-0.39, 0.29) is 0 Å². The number of alkyl halides is 1. The maximum absolute atomic E-state index is 5.62. The third-order valence-electron chi connectivity index (χ3n) is 4.55. The number of rotatable bonds is 2. The fraction of sp³-hybridized carbons (Fsp3) is 0.857. The summed E-state index contributed by atoms with van der Waals surface area (Å²) in [5.74, 6) is 3.37. The molecule has 2 rings (SSSR count). The summed E-state index contributed by atoms with van der Waals surface area (Å²) in [4.78, 5) is 2.69. The Kier molecular flexibility index (Phi) is 3.31. The van der Waals surface area contributed by atoms with E-state index in [2.05, 4.69) is 54.2 Å². The van der Waals surface area contributed by atoms with Gasteiger partial charge >= 0.3 is 0 Å². The largest absolute Gasteiger partial charge is 0.296 e. The Bertz CT molecular complexity index is 311. The molecule has 2 atom stereocenters. The molecule has 2 fully saturated rings. The first-order valence-corrected chi connectivity index (χ1v) is 7.52. The van der Waals surface area contributed by atoms with E-state index in [9.17, 15) is 0 Å². The second-order valence-electron chi connectivity index (χ2n) is 6.16. The molecule has 1 aliphatic carbocycles. The van der Waals surface area contributed by atoms with E-state index in [1.165, 1.54) is 32.4 Å². The van der Waals surface area contributed by atoms with Crippen LogP contribution in [0.15, 0.2) is 0 Å². The summed E-state index contributed by atoms with van der Waals surface area (Å²) in [6.45, 7) is 9.46. The zero-order chi connectivity index (χ0) is 12.0. The molecule has 0 spiro atoms. The van der Waals surface area contributed by atoms with Crippen molar-refractivity contribution in [2.24, 2.45) is 11.3 Å². The van der Waals surface area contributed by atoms with Gasteiger partial charge in [-0.3, -0.25) is 4.90 Å². The molecule has 1 aliphatic heterocycles. The second-order valence-corrected chi connectivity index (χ2v) is 7.66. The fourth-order valence-corrected chi connectivity index (χ4v) is 3.49. The number of hydrogen-bond donors (Lipinski definition) is 0. The van der Waals surface area contributed by atoms with E-state index in [1.807, 2.05) is 0 Å². The van der Waals surface area contributed by atoms with Crippen molar-refractivity contribution in [1.82, 2.24) is 4.90 Å². The normalized spacial score (nSPS) is 34.1. The van der Waals surface area contributed by atoms with Crippen molar-refractivity contribution in [3.8, 4) is 12.3 Å². The van der Waals surface area contributed by atoms with Gasteiger partial charge in [-0.15, -0.1) is 12.3 Å². The molecule has 0 aromatic carbocycles. The van der Waals surface area contributed by atoms with E-state index < -0.39 is 0 Å². The van der Waals surface area contributed by atoms with Gasteiger partial charge in [0.25, 0.3) is 0 Å². The number of likely N-dealkylation sites (tertiary alicyclic amines) is 1. The van der Waals surface area contributed by atoms with Crippen LogP contribution in [-0.4, -0.2) is 27.5 Å². The Morgan fingerprint density at radius 2 is 2.06 bits per heavy atom. The van der Waals surface area contributed by atoms with Crippen LogP contribution >= 0.6 is 22.6 Å². The maximum atomic E-state index is 5.62. The Morgan fingerprint density at radius 1 is 1.44 bits per heavy atom. The summed E-state index contributed by atoms with van der Waals surface area (Å²) < 4.78 is 0.804. The zero-order valence-corrected chi connectivity index (χ0v) is 12.8. The number of piperidine rings is 1. The smallest absolute Gasteiger partial charge is 0.0356 e. The Morgan fingerprint density at radius 3 is 2.50 bits per heavy atom. The molecule has 0 aromatic rings. The first kappa shape index (κ1) is 12.7. The van der Waals surface area contributed by atoms with Gasteiger partial charge in [-0.1, -0.05) is 36.4 Å². The van der Waals surface area contributed by atoms with Gasteiger partial charge in [-0.05, 0) is 38.1 Å². The first-order valence-electron chi connectivity index (χ1n) is 6.28. The number of terminal acetylenes is 1. The SMILES string of the molecule is C#C[C@@H](C)C1(N2CC[C@H](I)C(C)(C)C2)CC1. The molecule has 0 amide bonds. The highest BCUT2D eigenvalue weighted by Gasteiger charge is 2.54. The second kappa shape index (κ2) is 4.17. The van der Waals surface area contributed by atoms with Gasteiger partial charge in [0, 0.05) is 21.9 Å². The van der Waals surface area contributed by atoms with E-state index in [0.717, 1.165) is 3.92 Å². The predicted octanol–water partition coefficient (Wildman–Crippen LogP) is 3.32. The van der Waals surface area contributed by atoms with Crippen molar-refractivity contribution >= 4 is 22.6 Å². The van der Waals surface area contributed by atoms with Crippen LogP contribution in [0.25, 0.3) is 0 Å². The molecule has 2 heteroatoms. The minimum absolute atomic E-state index is 0.364. The van der Waals surface area contributed by atoms with Crippen molar-refractivity contribution in [2.75, 3.05) is 13.1 Å². The van der Waals surface area contributed by atoms with Crippen molar-refractivity contribution in [1.29, 1.82) is 0 Å². The van der Waals surface area contributed by atoms with Crippen LogP contribution in [0.3, 0.4) is 0 Å². The van der Waals surface area contributed by atoms with Crippen LogP contribution in [0.1, 0.15) is 40.0 Å². The van der Waals surface area contributed by atoms with Crippen LogP contribution in [-0.2, 0) is 0 Å². The van der Waals surface area contributed by atoms with Crippen LogP contribution < -0.4 is 0 Å². The summed E-state index contributed by atoms with van der Waals surface area (Å²) in [5.41, 5.74) is 0.797. The monoisotopic (exact) mass is 331 g/mol. The molecule has 1 saturated carbocycles. The summed E-state index contributed by atoms with van der Waals surface area (Å²) >= 11 is 2.62. The molecule has 1 heterocycles. The molecule has 0 N–H and O–H groups in total. The quantitative estimate of drug-likeness (QED) is 0.426. The van der Waals surface area contributed by atoms with Crippen molar-refractivity contribution in [2.45, 2.75) is 49.5 Å². The molecule has 0 bridgehead atoms. The fourth-order valence-electron chi connectivity index (χ4n) is 3.02. The average Bonchev–Trinajstić information content (AvgIpc) is 3.02. The lowest BCUT2D eigenvalue weighted by molar-refractivity contribution is 0.0599. The summed E-state index contributed by atoms with van der Waals surface area (Å²) in [7, 11) is 0. The van der Waals surface area contributed by atoms with Gasteiger partial charge in [0.15, 0.2) is 0 Å². The molecule has 1 nitrogen and oxygen atoms in total. The summed E-state index contributed by atoms with van der Waals surface area (Å²) in [6, 6.07) is 0. The van der Waals surface area contributed by atoms with Crippen molar-refractivity contribution in [3.63, 3.8) is 0 Å². The molecule has 0 radical (unpaired) electrons. The van der Waals surface area contributed by atoms with Gasteiger partial charge in [0.1, 0.15) is 0 Å². The van der Waals surface area contributed by atoms with Crippen LogP contribution in [0, 0.1) is 23.7 Å². The van der Waals surface area contributed by atoms with Crippen molar-refractivity contribution in [3.05, 3.63) is 0 Å². The average molecular weight is 331 g/mol. The van der Waals surface area contributed by atoms with Crippen LogP contribution in [0.4, 0.5) is 0 Å². The van der Waals surface area contributed by atoms with Gasteiger partial charge in [-0.2, -0.15) is 0 Å². The topological polar surface area (TPSA) is 3.24 Å². The van der Waals surface area contributed by atoms with E-state index in [4.69, 9.17) is 6.42 Å². The van der Waals surface area contributed by atoms with Gasteiger partial charge in [-0.25, -0.2) is 0 Å². The highest BCUT2D eigenvalue weighted by Crippen LogP contribution is 2.51. The summed E-state index contributed by atoms with van der Waals surface area (Å²) in [5, 5.41) is 0. The number of halogens is 1. The minimum Gasteiger partial charge on any atom is -0.296 e. The Hall–Kier alpha value is 0.250. The molecular weight excluding hydrogens is 309 g/mol. The first-order chi connectivity index (χ1) is 7.42. The lowest BCUT2D eigenvalue weighted by Gasteiger charge is -2.46.